The molecule has 0 aromatic carbocycles. The Balaban J connectivity index is 1.77. The van der Waals surface area contributed by atoms with Gasteiger partial charge in [-0.1, -0.05) is 55.4 Å². The van der Waals surface area contributed by atoms with Gasteiger partial charge in [-0.25, -0.2) is 0 Å². The summed E-state index contributed by atoms with van der Waals surface area (Å²) in [7, 11) is 0. The van der Waals surface area contributed by atoms with Crippen LogP contribution in [-0.4, -0.2) is 41.5 Å². The predicted octanol–water partition coefficient (Wildman–Crippen LogP) is 6.97. The van der Waals surface area contributed by atoms with Gasteiger partial charge < -0.3 is 15.4 Å². The fourth-order valence-electron chi connectivity index (χ4n) is 6.34. The Labute approximate surface area is 222 Å². The molecule has 0 aromatic rings. The zero-order valence-corrected chi connectivity index (χ0v) is 25.3. The largest absolute Gasteiger partial charge is 0.375 e. The summed E-state index contributed by atoms with van der Waals surface area (Å²) in [6, 6.07) is 0.821. The zero-order chi connectivity index (χ0) is 27.4. The highest BCUT2D eigenvalue weighted by molar-refractivity contribution is 5.90. The molecule has 210 valence electrons. The SMILES string of the molecule is CCC(C)(C)NC1CCC(OC2CCC(NC(=O)C(C)(C)CC(C)(C)C(=O)C(C)(C)CC)CC2)CC1. The molecule has 2 rings (SSSR count). The Morgan fingerprint density at radius 1 is 0.667 bits per heavy atom. The van der Waals surface area contributed by atoms with Crippen molar-refractivity contribution in [3.63, 3.8) is 0 Å². The van der Waals surface area contributed by atoms with Crippen LogP contribution >= 0.6 is 0 Å². The Bertz CT molecular complexity index is 724. The molecule has 0 bridgehead atoms. The van der Waals surface area contributed by atoms with Gasteiger partial charge in [-0.2, -0.15) is 0 Å². The maximum absolute atomic E-state index is 13.2. The van der Waals surface area contributed by atoms with Crippen LogP contribution in [0, 0.1) is 16.2 Å². The lowest BCUT2D eigenvalue weighted by Gasteiger charge is -2.39. The van der Waals surface area contributed by atoms with Crippen LogP contribution in [0.15, 0.2) is 0 Å². The smallest absolute Gasteiger partial charge is 0.225 e. The molecule has 0 aromatic heterocycles. The Kier molecular flexibility index (Phi) is 10.7. The average Bonchev–Trinajstić information content (AvgIpc) is 2.80. The normalized spacial score (nSPS) is 26.5. The molecule has 2 aliphatic carbocycles. The number of ketones is 1. The summed E-state index contributed by atoms with van der Waals surface area (Å²) in [6.07, 6.45) is 11.9. The van der Waals surface area contributed by atoms with Gasteiger partial charge in [-0.3, -0.25) is 9.59 Å². The van der Waals surface area contributed by atoms with Crippen molar-refractivity contribution in [2.45, 2.75) is 170 Å². The van der Waals surface area contributed by atoms with E-state index in [0.29, 0.717) is 24.7 Å². The second-order valence-electron chi connectivity index (χ2n) is 14.4. The molecule has 5 nitrogen and oxygen atoms in total. The third kappa shape index (κ3) is 8.82. The van der Waals surface area contributed by atoms with Gasteiger partial charge in [0.1, 0.15) is 5.78 Å². The fourth-order valence-corrected chi connectivity index (χ4v) is 6.34. The van der Waals surface area contributed by atoms with E-state index in [9.17, 15) is 9.59 Å². The van der Waals surface area contributed by atoms with Crippen molar-refractivity contribution in [1.29, 1.82) is 0 Å². The lowest BCUT2D eigenvalue weighted by Crippen LogP contribution is -2.49. The van der Waals surface area contributed by atoms with E-state index in [4.69, 9.17) is 4.74 Å². The van der Waals surface area contributed by atoms with Crippen LogP contribution in [0.4, 0.5) is 0 Å². The van der Waals surface area contributed by atoms with Crippen molar-refractivity contribution >= 4 is 11.7 Å². The summed E-state index contributed by atoms with van der Waals surface area (Å²) in [5.74, 6) is 0.317. The maximum Gasteiger partial charge on any atom is 0.225 e. The highest BCUT2D eigenvalue weighted by atomic mass is 16.5. The van der Waals surface area contributed by atoms with E-state index in [1.165, 1.54) is 12.8 Å². The van der Waals surface area contributed by atoms with E-state index < -0.39 is 10.8 Å². The predicted molar refractivity (Wildman–Crippen MR) is 150 cm³/mol. The number of carbonyl (C=O) groups is 2. The molecule has 2 fully saturated rings. The molecule has 0 radical (unpaired) electrons. The number of hydrogen-bond donors (Lipinski definition) is 2. The molecule has 0 spiro atoms. The Morgan fingerprint density at radius 2 is 1.14 bits per heavy atom. The minimum Gasteiger partial charge on any atom is -0.375 e. The van der Waals surface area contributed by atoms with Crippen molar-refractivity contribution in [2.75, 3.05) is 0 Å². The lowest BCUT2D eigenvalue weighted by molar-refractivity contribution is -0.140. The van der Waals surface area contributed by atoms with Gasteiger partial charge in [-0.05, 0) is 84.5 Å². The minimum atomic E-state index is -0.588. The minimum absolute atomic E-state index is 0.0721. The van der Waals surface area contributed by atoms with Gasteiger partial charge in [0.25, 0.3) is 0 Å². The van der Waals surface area contributed by atoms with Crippen molar-refractivity contribution in [1.82, 2.24) is 10.6 Å². The Morgan fingerprint density at radius 3 is 1.58 bits per heavy atom. The highest BCUT2D eigenvalue weighted by Crippen LogP contribution is 2.41. The summed E-state index contributed by atoms with van der Waals surface area (Å²) in [5, 5.41) is 7.14. The topological polar surface area (TPSA) is 67.4 Å². The van der Waals surface area contributed by atoms with Crippen molar-refractivity contribution in [2.24, 2.45) is 16.2 Å². The molecule has 0 aliphatic heterocycles. The standard InChI is InChI=1S/C31H58N2O3/c1-11-28(3,4)26(34)29(5,6)21-30(7,8)27(35)32-22-13-17-24(18-14-22)36-25-19-15-23(16-20-25)33-31(9,10)12-2/h22-25,33H,11-21H2,1-10H3,(H,32,35). The zero-order valence-electron chi connectivity index (χ0n) is 25.3. The first-order chi connectivity index (χ1) is 16.5. The van der Waals surface area contributed by atoms with Crippen LogP contribution < -0.4 is 10.6 Å². The number of ether oxygens (including phenoxy) is 1. The van der Waals surface area contributed by atoms with Crippen LogP contribution in [0.2, 0.25) is 0 Å². The number of Topliss-reactive ketones (excluding diaryl/α,β-unsaturated/α-hetero) is 1. The number of hydrogen-bond acceptors (Lipinski definition) is 4. The average molecular weight is 507 g/mol. The molecule has 1 amide bonds. The third-order valence-corrected chi connectivity index (χ3v) is 9.16. The van der Waals surface area contributed by atoms with Gasteiger partial charge in [-0.15, -0.1) is 0 Å². The first kappa shape index (κ1) is 31.3. The summed E-state index contributed by atoms with van der Waals surface area (Å²) in [6.45, 7) is 20.9. The van der Waals surface area contributed by atoms with Gasteiger partial charge in [0, 0.05) is 33.9 Å². The first-order valence-electron chi connectivity index (χ1n) is 14.8. The number of amides is 1. The third-order valence-electron chi connectivity index (χ3n) is 9.16. The molecule has 2 saturated carbocycles. The van der Waals surface area contributed by atoms with E-state index in [-0.39, 0.29) is 28.7 Å². The van der Waals surface area contributed by atoms with Crippen molar-refractivity contribution < 1.29 is 14.3 Å². The monoisotopic (exact) mass is 506 g/mol. The van der Waals surface area contributed by atoms with E-state index in [1.807, 2.05) is 41.5 Å². The molecule has 36 heavy (non-hydrogen) atoms. The summed E-state index contributed by atoms with van der Waals surface area (Å²) < 4.78 is 6.51. The molecule has 5 heteroatoms. The van der Waals surface area contributed by atoms with E-state index >= 15 is 0 Å². The van der Waals surface area contributed by atoms with E-state index in [0.717, 1.165) is 51.4 Å². The molecule has 0 heterocycles. The second kappa shape index (κ2) is 12.3. The van der Waals surface area contributed by atoms with Crippen LogP contribution in [0.1, 0.15) is 140 Å². The first-order valence-corrected chi connectivity index (χ1v) is 14.8. The lowest BCUT2D eigenvalue weighted by atomic mass is 9.65. The molecule has 2 N–H and O–H groups in total. The fraction of sp³-hybridized carbons (Fsp3) is 0.935. The van der Waals surface area contributed by atoms with Crippen molar-refractivity contribution in [3.8, 4) is 0 Å². The number of carbonyl (C=O) groups excluding carboxylic acids is 2. The van der Waals surface area contributed by atoms with E-state index in [2.05, 4.69) is 38.3 Å². The van der Waals surface area contributed by atoms with Gasteiger partial charge in [0.2, 0.25) is 5.91 Å². The van der Waals surface area contributed by atoms with Crippen LogP contribution in [0.3, 0.4) is 0 Å². The summed E-state index contributed by atoms with van der Waals surface area (Å²) in [4.78, 5) is 26.4. The maximum atomic E-state index is 13.2. The van der Waals surface area contributed by atoms with Gasteiger partial charge >= 0.3 is 0 Å². The molecule has 0 atom stereocenters. The molecule has 2 aliphatic rings. The molecular formula is C31H58N2O3. The van der Waals surface area contributed by atoms with Gasteiger partial charge in [0.15, 0.2) is 0 Å². The molecule has 0 unspecified atom stereocenters. The van der Waals surface area contributed by atoms with Crippen LogP contribution in [-0.2, 0) is 14.3 Å². The quantitative estimate of drug-likeness (QED) is 0.300. The van der Waals surface area contributed by atoms with Crippen LogP contribution in [0.5, 0.6) is 0 Å². The van der Waals surface area contributed by atoms with Gasteiger partial charge in [0.05, 0.1) is 12.2 Å². The molecular weight excluding hydrogens is 448 g/mol. The summed E-state index contributed by atoms with van der Waals surface area (Å²) >= 11 is 0. The number of nitrogens with one attached hydrogen (secondary N) is 2. The van der Waals surface area contributed by atoms with E-state index in [1.54, 1.807) is 0 Å². The number of rotatable bonds is 12. The van der Waals surface area contributed by atoms with Crippen LogP contribution in [0.25, 0.3) is 0 Å². The Hall–Kier alpha value is -0.940. The highest BCUT2D eigenvalue weighted by Gasteiger charge is 2.44. The van der Waals surface area contributed by atoms with Crippen molar-refractivity contribution in [3.05, 3.63) is 0 Å². The summed E-state index contributed by atoms with van der Waals surface area (Å²) in [5.41, 5.74) is -1.27. The second-order valence-corrected chi connectivity index (χ2v) is 14.4. The molecule has 0 saturated heterocycles.